The lowest BCUT2D eigenvalue weighted by molar-refractivity contribution is 0.623. The lowest BCUT2D eigenvalue weighted by Crippen LogP contribution is -2.14. The first-order chi connectivity index (χ1) is 9.81. The topological polar surface area (TPSA) is 37.8 Å². The fourth-order valence-corrected chi connectivity index (χ4v) is 2.74. The third-order valence-electron chi connectivity index (χ3n) is 4.11. The van der Waals surface area contributed by atoms with Gasteiger partial charge in [-0.15, -0.1) is 5.10 Å². The van der Waals surface area contributed by atoms with E-state index in [1.165, 1.54) is 0 Å². The Balaban J connectivity index is 2.35. The molecule has 3 nitrogen and oxygen atoms in total. The summed E-state index contributed by atoms with van der Waals surface area (Å²) in [7, 11) is 0. The molecule has 0 aliphatic rings. The van der Waals surface area contributed by atoms with E-state index in [9.17, 15) is 4.39 Å². The minimum atomic E-state index is -0.192. The number of benzene rings is 1. The maximum Gasteiger partial charge on any atom is 0.152 e. The molecule has 0 fully saturated rings. The van der Waals surface area contributed by atoms with E-state index in [0.29, 0.717) is 0 Å². The van der Waals surface area contributed by atoms with E-state index in [0.717, 1.165) is 39.3 Å². The third kappa shape index (κ3) is 3.04. The molecule has 0 spiro atoms. The van der Waals surface area contributed by atoms with Crippen LogP contribution in [0.3, 0.4) is 0 Å². The molecule has 4 heteroatoms. The van der Waals surface area contributed by atoms with Crippen molar-refractivity contribution in [2.24, 2.45) is 0 Å². The van der Waals surface area contributed by atoms with Crippen LogP contribution < -0.4 is 5.32 Å². The highest BCUT2D eigenvalue weighted by Crippen LogP contribution is 2.27. The Labute approximate surface area is 125 Å². The Morgan fingerprint density at radius 2 is 1.52 bits per heavy atom. The van der Waals surface area contributed by atoms with Crippen LogP contribution in [-0.2, 0) is 0 Å². The largest absolute Gasteiger partial charge is 0.362 e. The molecule has 1 heterocycles. The summed E-state index contributed by atoms with van der Waals surface area (Å²) in [5.74, 6) is 0.594. The number of nitrogens with zero attached hydrogens (tertiary/aromatic N) is 2. The molecule has 0 radical (unpaired) electrons. The van der Waals surface area contributed by atoms with Gasteiger partial charge in [-0.25, -0.2) is 4.39 Å². The zero-order valence-corrected chi connectivity index (χ0v) is 13.5. The van der Waals surface area contributed by atoms with Gasteiger partial charge in [0.15, 0.2) is 5.82 Å². The van der Waals surface area contributed by atoms with Crippen molar-refractivity contribution in [1.82, 2.24) is 10.2 Å². The van der Waals surface area contributed by atoms with Crippen LogP contribution in [0.25, 0.3) is 0 Å². The molecule has 0 unspecified atom stereocenters. The summed E-state index contributed by atoms with van der Waals surface area (Å²) >= 11 is 0. The van der Waals surface area contributed by atoms with Gasteiger partial charge in [0.25, 0.3) is 0 Å². The summed E-state index contributed by atoms with van der Waals surface area (Å²) in [6.45, 7) is 12.0. The number of aryl methyl sites for hydroxylation is 3. The van der Waals surface area contributed by atoms with Gasteiger partial charge in [0, 0.05) is 0 Å². The molecular weight excluding hydrogens is 265 g/mol. The molecule has 1 aromatic carbocycles. The molecule has 0 saturated carbocycles. The quantitative estimate of drug-likeness (QED) is 0.913. The number of rotatable bonds is 3. The van der Waals surface area contributed by atoms with Crippen molar-refractivity contribution < 1.29 is 4.39 Å². The first kappa shape index (κ1) is 15.4. The first-order valence-corrected chi connectivity index (χ1v) is 7.15. The first-order valence-electron chi connectivity index (χ1n) is 7.15. The minimum Gasteiger partial charge on any atom is -0.362 e. The second kappa shape index (κ2) is 5.80. The zero-order chi connectivity index (χ0) is 15.7. The molecule has 2 aromatic rings. The average molecular weight is 287 g/mol. The van der Waals surface area contributed by atoms with Crippen LogP contribution in [-0.4, -0.2) is 10.2 Å². The third-order valence-corrected chi connectivity index (χ3v) is 4.11. The summed E-state index contributed by atoms with van der Waals surface area (Å²) in [4.78, 5) is 0. The minimum absolute atomic E-state index is 0.0423. The Bertz CT molecular complexity index is 657. The van der Waals surface area contributed by atoms with Crippen LogP contribution >= 0.6 is 0 Å². The van der Waals surface area contributed by atoms with Gasteiger partial charge in [-0.2, -0.15) is 5.10 Å². The van der Waals surface area contributed by atoms with Crippen molar-refractivity contribution in [3.63, 3.8) is 0 Å². The smallest absolute Gasteiger partial charge is 0.152 e. The highest BCUT2D eigenvalue weighted by molar-refractivity contribution is 5.50. The molecule has 2 rings (SSSR count). The maximum absolute atomic E-state index is 13.4. The van der Waals surface area contributed by atoms with Crippen molar-refractivity contribution in [3.8, 4) is 0 Å². The molecular formula is C17H22FN3. The predicted molar refractivity (Wildman–Crippen MR) is 84.2 cm³/mol. The van der Waals surface area contributed by atoms with Gasteiger partial charge < -0.3 is 5.32 Å². The number of anilines is 1. The van der Waals surface area contributed by atoms with Gasteiger partial charge in [-0.3, -0.25) is 0 Å². The number of aromatic nitrogens is 2. The Morgan fingerprint density at radius 1 is 0.952 bits per heavy atom. The number of hydrogen-bond acceptors (Lipinski definition) is 3. The van der Waals surface area contributed by atoms with Crippen LogP contribution in [0.2, 0.25) is 0 Å². The van der Waals surface area contributed by atoms with E-state index < -0.39 is 0 Å². The van der Waals surface area contributed by atoms with Crippen molar-refractivity contribution >= 4 is 5.82 Å². The van der Waals surface area contributed by atoms with Gasteiger partial charge in [0.05, 0.1) is 11.7 Å². The van der Waals surface area contributed by atoms with E-state index in [1.807, 2.05) is 34.6 Å². The normalized spacial score (nSPS) is 12.3. The molecule has 0 aliphatic heterocycles. The molecule has 21 heavy (non-hydrogen) atoms. The van der Waals surface area contributed by atoms with Crippen molar-refractivity contribution in [2.75, 3.05) is 5.32 Å². The summed E-state index contributed by atoms with van der Waals surface area (Å²) in [5, 5.41) is 11.8. The standard InChI is InChI=1S/C17H22FN3/c1-9-7-15(18)8-10(2)16(9)14(6)19-17-12(4)11(3)13(5)20-21-17/h7-8,14H,1-6H3,(H,19,21)/t14-/m1/s1. The fourth-order valence-electron chi connectivity index (χ4n) is 2.74. The highest BCUT2D eigenvalue weighted by atomic mass is 19.1. The SMILES string of the molecule is Cc1cc(F)cc(C)c1[C@@H](C)Nc1nnc(C)c(C)c1C. The number of hydrogen-bond donors (Lipinski definition) is 1. The Morgan fingerprint density at radius 3 is 2.10 bits per heavy atom. The van der Waals surface area contributed by atoms with E-state index in [-0.39, 0.29) is 11.9 Å². The summed E-state index contributed by atoms with van der Waals surface area (Å²) < 4.78 is 13.4. The molecule has 0 saturated heterocycles. The van der Waals surface area contributed by atoms with Crippen LogP contribution in [0.4, 0.5) is 10.2 Å². The lowest BCUT2D eigenvalue weighted by atomic mass is 9.96. The zero-order valence-electron chi connectivity index (χ0n) is 13.5. The maximum atomic E-state index is 13.4. The molecule has 112 valence electrons. The summed E-state index contributed by atoms with van der Waals surface area (Å²) in [5.41, 5.74) is 6.19. The molecule has 0 aliphatic carbocycles. The average Bonchev–Trinajstić information content (AvgIpc) is 2.38. The number of nitrogens with one attached hydrogen (secondary N) is 1. The molecule has 1 N–H and O–H groups in total. The second-order valence-corrected chi connectivity index (χ2v) is 5.70. The van der Waals surface area contributed by atoms with Gasteiger partial charge in [0.1, 0.15) is 5.82 Å². The molecule has 1 aromatic heterocycles. The lowest BCUT2D eigenvalue weighted by Gasteiger charge is -2.21. The van der Waals surface area contributed by atoms with Gasteiger partial charge in [0.2, 0.25) is 0 Å². The van der Waals surface area contributed by atoms with Crippen molar-refractivity contribution in [2.45, 2.75) is 47.6 Å². The van der Waals surface area contributed by atoms with Crippen LogP contribution in [0.1, 0.15) is 46.5 Å². The van der Waals surface area contributed by atoms with E-state index in [1.54, 1.807) is 12.1 Å². The van der Waals surface area contributed by atoms with Crippen molar-refractivity contribution in [1.29, 1.82) is 0 Å². The molecule has 0 bridgehead atoms. The molecule has 1 atom stereocenters. The fraction of sp³-hybridized carbons (Fsp3) is 0.412. The Hall–Kier alpha value is -1.97. The number of halogens is 1. The van der Waals surface area contributed by atoms with Crippen LogP contribution in [0.15, 0.2) is 12.1 Å². The predicted octanol–water partition coefficient (Wildman–Crippen LogP) is 4.33. The highest BCUT2D eigenvalue weighted by Gasteiger charge is 2.15. The Kier molecular flexibility index (Phi) is 4.26. The second-order valence-electron chi connectivity index (χ2n) is 5.70. The van der Waals surface area contributed by atoms with E-state index in [2.05, 4.69) is 22.4 Å². The van der Waals surface area contributed by atoms with Crippen molar-refractivity contribution in [3.05, 3.63) is 51.5 Å². The summed E-state index contributed by atoms with van der Waals surface area (Å²) in [6, 6.07) is 3.18. The van der Waals surface area contributed by atoms with Crippen LogP contribution in [0.5, 0.6) is 0 Å². The van der Waals surface area contributed by atoms with Crippen LogP contribution in [0, 0.1) is 40.4 Å². The monoisotopic (exact) mass is 287 g/mol. The molecule has 0 amide bonds. The van der Waals surface area contributed by atoms with E-state index >= 15 is 0 Å². The van der Waals surface area contributed by atoms with Gasteiger partial charge in [-0.1, -0.05) is 0 Å². The van der Waals surface area contributed by atoms with Gasteiger partial charge >= 0.3 is 0 Å². The van der Waals surface area contributed by atoms with Gasteiger partial charge in [-0.05, 0) is 81.5 Å². The summed E-state index contributed by atoms with van der Waals surface area (Å²) in [6.07, 6.45) is 0. The van der Waals surface area contributed by atoms with E-state index in [4.69, 9.17) is 0 Å².